The molecule has 0 aromatic heterocycles. The van der Waals surface area contributed by atoms with Gasteiger partial charge in [-0.25, -0.2) is 9.59 Å². The molecule has 0 bridgehead atoms. The Balaban J connectivity index is 1.31. The highest BCUT2D eigenvalue weighted by molar-refractivity contribution is 5.90. The van der Waals surface area contributed by atoms with Crippen molar-refractivity contribution >= 4 is 17.7 Å². The minimum atomic E-state index is -0.686. The van der Waals surface area contributed by atoms with Crippen molar-refractivity contribution in [2.24, 2.45) is 0 Å². The summed E-state index contributed by atoms with van der Waals surface area (Å²) in [6, 6.07) is 20.0. The molecule has 8 nitrogen and oxygen atoms in total. The topological polar surface area (TPSA) is 108 Å². The number of carbonyl (C=O) groups is 2. The van der Waals surface area contributed by atoms with E-state index in [1.165, 1.54) is 19.2 Å². The molecule has 0 spiro atoms. The molecule has 0 heterocycles. The van der Waals surface area contributed by atoms with Crippen LogP contribution >= 0.6 is 0 Å². The Morgan fingerprint density at radius 3 is 2.31 bits per heavy atom. The fraction of sp³-hybridized carbons (Fsp3) is 0.185. The molecule has 1 N–H and O–H groups in total. The van der Waals surface area contributed by atoms with Gasteiger partial charge in [0.2, 0.25) is 0 Å². The molecule has 0 unspecified atom stereocenters. The van der Waals surface area contributed by atoms with E-state index in [1.807, 2.05) is 24.3 Å². The molecule has 1 aliphatic rings. The van der Waals surface area contributed by atoms with Gasteiger partial charge in [-0.1, -0.05) is 60.4 Å². The summed E-state index contributed by atoms with van der Waals surface area (Å²) < 4.78 is 10.1. The number of ether oxygens (including phenoxy) is 2. The van der Waals surface area contributed by atoms with Gasteiger partial charge in [0.05, 0.1) is 17.6 Å². The number of alkyl carbamates (subject to hydrolysis) is 1. The summed E-state index contributed by atoms with van der Waals surface area (Å²) >= 11 is 0. The van der Waals surface area contributed by atoms with Gasteiger partial charge in [-0.3, -0.25) is 10.1 Å². The number of amides is 1. The number of nitro benzene ring substituents is 1. The van der Waals surface area contributed by atoms with Crippen LogP contribution in [0.4, 0.5) is 10.5 Å². The number of nitrogens with zero attached hydrogens (tertiary/aromatic N) is 1. The van der Waals surface area contributed by atoms with E-state index in [1.54, 1.807) is 0 Å². The number of esters is 1. The fourth-order valence-corrected chi connectivity index (χ4v) is 4.07. The number of carbonyl (C=O) groups excluding carboxylic acids is 2. The smallest absolute Gasteiger partial charge is 0.407 e. The second-order valence-corrected chi connectivity index (χ2v) is 7.82. The lowest BCUT2D eigenvalue weighted by atomic mass is 9.98. The molecule has 3 aromatic carbocycles. The number of methoxy groups -OCH3 is 1. The minimum absolute atomic E-state index is 0.0224. The molecular weight excluding hydrogens is 448 g/mol. The lowest BCUT2D eigenvalue weighted by molar-refractivity contribution is -0.384. The molecule has 0 aliphatic heterocycles. The van der Waals surface area contributed by atoms with E-state index in [0.29, 0.717) is 12.0 Å². The summed E-state index contributed by atoms with van der Waals surface area (Å²) in [5.41, 5.74) is 4.68. The number of rotatable bonds is 6. The first-order chi connectivity index (χ1) is 17.0. The third-order valence-electron chi connectivity index (χ3n) is 5.65. The van der Waals surface area contributed by atoms with Gasteiger partial charge in [-0.2, -0.15) is 0 Å². The van der Waals surface area contributed by atoms with Crippen molar-refractivity contribution in [3.8, 4) is 23.0 Å². The Labute approximate surface area is 202 Å². The number of non-ortho nitro benzene ring substituents is 1. The fourth-order valence-electron chi connectivity index (χ4n) is 4.07. The zero-order valence-electron chi connectivity index (χ0n) is 18.9. The maximum atomic E-state index is 12.2. The maximum absolute atomic E-state index is 12.2. The highest BCUT2D eigenvalue weighted by atomic mass is 16.6. The van der Waals surface area contributed by atoms with E-state index < -0.39 is 17.0 Å². The highest BCUT2D eigenvalue weighted by Crippen LogP contribution is 2.44. The molecule has 3 aromatic rings. The summed E-state index contributed by atoms with van der Waals surface area (Å²) in [4.78, 5) is 34.5. The van der Waals surface area contributed by atoms with Gasteiger partial charge in [0, 0.05) is 36.6 Å². The second kappa shape index (κ2) is 10.5. The van der Waals surface area contributed by atoms with Crippen molar-refractivity contribution in [3.63, 3.8) is 0 Å². The first kappa shape index (κ1) is 23.5. The number of nitrogens with one attached hydrogen (secondary N) is 1. The van der Waals surface area contributed by atoms with Gasteiger partial charge in [0.25, 0.3) is 5.69 Å². The molecular formula is C27H22N2O6. The summed E-state index contributed by atoms with van der Waals surface area (Å²) in [6.07, 6.45) is -0.252. The second-order valence-electron chi connectivity index (χ2n) is 7.82. The van der Waals surface area contributed by atoms with Gasteiger partial charge < -0.3 is 14.8 Å². The van der Waals surface area contributed by atoms with Crippen molar-refractivity contribution in [2.45, 2.75) is 12.3 Å². The number of fused-ring (bicyclic) bond motifs is 3. The van der Waals surface area contributed by atoms with Crippen molar-refractivity contribution in [1.29, 1.82) is 0 Å². The molecule has 0 saturated heterocycles. The predicted octanol–water partition coefficient (Wildman–Crippen LogP) is 4.66. The van der Waals surface area contributed by atoms with Crippen LogP contribution in [0.25, 0.3) is 11.1 Å². The molecule has 35 heavy (non-hydrogen) atoms. The molecule has 176 valence electrons. The molecule has 0 fully saturated rings. The lowest BCUT2D eigenvalue weighted by Crippen LogP contribution is -2.26. The lowest BCUT2D eigenvalue weighted by Gasteiger charge is -2.14. The maximum Gasteiger partial charge on any atom is 0.407 e. The van der Waals surface area contributed by atoms with Crippen LogP contribution in [0.5, 0.6) is 0 Å². The third-order valence-corrected chi connectivity index (χ3v) is 5.65. The predicted molar refractivity (Wildman–Crippen MR) is 129 cm³/mol. The van der Waals surface area contributed by atoms with Crippen molar-refractivity contribution in [1.82, 2.24) is 5.32 Å². The molecule has 0 saturated carbocycles. The molecule has 4 rings (SSSR count). The monoisotopic (exact) mass is 470 g/mol. The largest absolute Gasteiger partial charge is 0.465 e. The normalized spacial score (nSPS) is 11.5. The number of hydrogen-bond acceptors (Lipinski definition) is 6. The molecule has 1 amide bonds. The van der Waals surface area contributed by atoms with Crippen molar-refractivity contribution in [2.75, 3.05) is 20.3 Å². The summed E-state index contributed by atoms with van der Waals surface area (Å²) in [7, 11) is 1.20. The summed E-state index contributed by atoms with van der Waals surface area (Å²) in [5.74, 6) is 4.90. The summed E-state index contributed by atoms with van der Waals surface area (Å²) in [6.45, 7) is 0.456. The van der Waals surface area contributed by atoms with Crippen LogP contribution in [0.1, 0.15) is 39.4 Å². The number of benzene rings is 3. The van der Waals surface area contributed by atoms with Crippen LogP contribution in [-0.4, -0.2) is 37.2 Å². The minimum Gasteiger partial charge on any atom is -0.465 e. The van der Waals surface area contributed by atoms with E-state index in [-0.39, 0.29) is 30.3 Å². The van der Waals surface area contributed by atoms with Crippen LogP contribution in [0.15, 0.2) is 66.7 Å². The Bertz CT molecular complexity index is 1310. The average molecular weight is 470 g/mol. The Morgan fingerprint density at radius 2 is 1.69 bits per heavy atom. The Kier molecular flexibility index (Phi) is 7.07. The van der Waals surface area contributed by atoms with Crippen LogP contribution < -0.4 is 5.32 Å². The molecule has 1 aliphatic carbocycles. The van der Waals surface area contributed by atoms with E-state index in [2.05, 4.69) is 46.2 Å². The van der Waals surface area contributed by atoms with E-state index >= 15 is 0 Å². The zero-order valence-corrected chi connectivity index (χ0v) is 18.9. The first-order valence-electron chi connectivity index (χ1n) is 10.9. The van der Waals surface area contributed by atoms with Crippen LogP contribution in [0.3, 0.4) is 0 Å². The average Bonchev–Trinajstić information content (AvgIpc) is 3.20. The van der Waals surface area contributed by atoms with Gasteiger partial charge in [0.1, 0.15) is 6.61 Å². The molecule has 0 radical (unpaired) electrons. The van der Waals surface area contributed by atoms with Crippen LogP contribution in [-0.2, 0) is 9.47 Å². The Morgan fingerprint density at radius 1 is 1.03 bits per heavy atom. The van der Waals surface area contributed by atoms with Crippen molar-refractivity contribution in [3.05, 3.63) is 99.1 Å². The van der Waals surface area contributed by atoms with Crippen LogP contribution in [0.2, 0.25) is 0 Å². The zero-order chi connectivity index (χ0) is 24.8. The SMILES string of the molecule is COC(=O)c1cc(C#CCCNC(=O)OCC2c3ccccc3-c3ccccc32)cc([N+](=O)[O-])c1. The number of nitro groups is 1. The van der Waals surface area contributed by atoms with Gasteiger partial charge in [-0.05, 0) is 28.3 Å². The molecule has 0 atom stereocenters. The van der Waals surface area contributed by atoms with E-state index in [9.17, 15) is 19.7 Å². The van der Waals surface area contributed by atoms with E-state index in [4.69, 9.17) is 4.74 Å². The van der Waals surface area contributed by atoms with Gasteiger partial charge >= 0.3 is 12.1 Å². The first-order valence-corrected chi connectivity index (χ1v) is 10.9. The Hall–Kier alpha value is -4.64. The van der Waals surface area contributed by atoms with Crippen molar-refractivity contribution < 1.29 is 24.0 Å². The van der Waals surface area contributed by atoms with Crippen LogP contribution in [0, 0.1) is 22.0 Å². The standard InChI is InChI=1S/C27H22N2O6/c1-34-26(30)19-14-18(15-20(16-19)29(32)33)8-6-7-13-28-27(31)35-17-25-23-11-4-2-9-21(23)22-10-3-5-12-24(22)25/h2-5,9-12,14-16,25H,7,13,17H2,1H3,(H,28,31). The third kappa shape index (κ3) is 5.31. The van der Waals surface area contributed by atoms with Gasteiger partial charge in [0.15, 0.2) is 0 Å². The summed E-state index contributed by atoms with van der Waals surface area (Å²) in [5, 5.41) is 13.8. The highest BCUT2D eigenvalue weighted by Gasteiger charge is 2.28. The van der Waals surface area contributed by atoms with E-state index in [0.717, 1.165) is 28.3 Å². The van der Waals surface area contributed by atoms with Gasteiger partial charge in [-0.15, -0.1) is 0 Å². The molecule has 8 heteroatoms. The number of hydrogen-bond donors (Lipinski definition) is 1. The quantitative estimate of drug-likeness (QED) is 0.185.